The van der Waals surface area contributed by atoms with Crippen LogP contribution in [0.3, 0.4) is 0 Å². The zero-order valence-electron chi connectivity index (χ0n) is 21.2. The lowest BCUT2D eigenvalue weighted by Crippen LogP contribution is -2.56. The number of hydrogen-bond donors (Lipinski definition) is 1. The molecule has 1 aliphatic heterocycles. The van der Waals surface area contributed by atoms with Crippen molar-refractivity contribution < 1.29 is 14.3 Å². The third kappa shape index (κ3) is 5.49. The molecule has 4 aromatic rings. The Morgan fingerprint density at radius 2 is 1.84 bits per heavy atom. The molecule has 1 aliphatic rings. The monoisotopic (exact) mass is 516 g/mol. The molecule has 3 amide bonds. The first-order valence-corrected chi connectivity index (χ1v) is 13.5. The van der Waals surface area contributed by atoms with Crippen molar-refractivity contribution in [1.29, 1.82) is 0 Å². The number of hydrogen-bond acceptors (Lipinski definition) is 4. The van der Waals surface area contributed by atoms with E-state index >= 15 is 0 Å². The molecule has 1 N–H and O–H groups in total. The Balaban J connectivity index is 1.24. The molecule has 2 aromatic heterocycles. The number of thiophene rings is 1. The van der Waals surface area contributed by atoms with E-state index in [1.165, 1.54) is 5.56 Å². The van der Waals surface area contributed by atoms with Crippen LogP contribution in [0.5, 0.6) is 5.75 Å². The van der Waals surface area contributed by atoms with Gasteiger partial charge in [-0.2, -0.15) is 0 Å². The summed E-state index contributed by atoms with van der Waals surface area (Å²) in [5.74, 6) is 0.772. The number of urea groups is 1. The first-order chi connectivity index (χ1) is 18.0. The van der Waals surface area contributed by atoms with Gasteiger partial charge in [0.2, 0.25) is 0 Å². The Kier molecular flexibility index (Phi) is 7.46. The summed E-state index contributed by atoms with van der Waals surface area (Å²) >= 11 is 1.68. The molecule has 0 spiro atoms. The average molecular weight is 517 g/mol. The Morgan fingerprint density at radius 1 is 1.05 bits per heavy atom. The maximum absolute atomic E-state index is 13.7. The van der Waals surface area contributed by atoms with Crippen LogP contribution in [0.2, 0.25) is 0 Å². The summed E-state index contributed by atoms with van der Waals surface area (Å²) in [7, 11) is 1.61. The van der Waals surface area contributed by atoms with E-state index in [0.717, 1.165) is 41.0 Å². The number of amides is 3. The normalized spacial score (nSPS) is 15.7. The number of rotatable bonds is 7. The van der Waals surface area contributed by atoms with Crippen molar-refractivity contribution in [1.82, 2.24) is 14.4 Å². The van der Waals surface area contributed by atoms with Gasteiger partial charge in [-0.3, -0.25) is 4.79 Å². The SMILES string of the molecule is COc1ccc(NC(=O)N2CCN(C(=O)c3cc4ccsc4n3CCCc3ccccc3)CC2C)cc1. The number of piperazine rings is 1. The minimum Gasteiger partial charge on any atom is -0.497 e. The maximum atomic E-state index is 13.7. The van der Waals surface area contributed by atoms with Crippen LogP contribution < -0.4 is 10.1 Å². The number of ether oxygens (including phenoxy) is 1. The van der Waals surface area contributed by atoms with Crippen LogP contribution >= 0.6 is 11.3 Å². The van der Waals surface area contributed by atoms with E-state index in [9.17, 15) is 9.59 Å². The van der Waals surface area contributed by atoms with Crippen LogP contribution in [-0.4, -0.2) is 59.1 Å². The average Bonchev–Trinajstić information content (AvgIpc) is 3.51. The number of fused-ring (bicyclic) bond motifs is 1. The number of anilines is 1. The minimum absolute atomic E-state index is 0.0326. The van der Waals surface area contributed by atoms with Crippen molar-refractivity contribution in [2.45, 2.75) is 32.4 Å². The molecule has 2 aromatic carbocycles. The molecule has 8 heteroatoms. The summed E-state index contributed by atoms with van der Waals surface area (Å²) in [5.41, 5.74) is 2.76. The Labute approximate surface area is 221 Å². The molecule has 0 aliphatic carbocycles. The molecular weight excluding hydrogens is 484 g/mol. The number of benzene rings is 2. The largest absolute Gasteiger partial charge is 0.497 e. The van der Waals surface area contributed by atoms with Crippen molar-refractivity contribution in [2.75, 3.05) is 32.1 Å². The number of nitrogens with zero attached hydrogens (tertiary/aromatic N) is 3. The molecule has 0 bridgehead atoms. The van der Waals surface area contributed by atoms with Gasteiger partial charge in [-0.25, -0.2) is 4.79 Å². The fourth-order valence-corrected chi connectivity index (χ4v) is 5.86. The molecule has 1 unspecified atom stereocenters. The molecule has 0 saturated carbocycles. The van der Waals surface area contributed by atoms with Crippen LogP contribution in [-0.2, 0) is 13.0 Å². The van der Waals surface area contributed by atoms with Crippen molar-refractivity contribution in [3.05, 3.63) is 83.4 Å². The molecule has 3 heterocycles. The number of carbonyl (C=O) groups excluding carboxylic acids is 2. The standard InChI is InChI=1S/C29H32N4O3S/c1-21-20-31(16-17-32(21)29(35)30-24-10-12-25(36-2)13-11-24)27(34)26-19-23-14-18-37-28(23)33(26)15-6-9-22-7-4-3-5-8-22/h3-5,7-8,10-14,18-19,21H,6,9,15-17,20H2,1-2H3,(H,30,35). The number of methoxy groups -OCH3 is 1. The van der Waals surface area contributed by atoms with E-state index in [-0.39, 0.29) is 18.0 Å². The predicted molar refractivity (Wildman–Crippen MR) is 149 cm³/mol. The highest BCUT2D eigenvalue weighted by Crippen LogP contribution is 2.27. The van der Waals surface area contributed by atoms with E-state index < -0.39 is 0 Å². The van der Waals surface area contributed by atoms with Gasteiger partial charge in [-0.1, -0.05) is 30.3 Å². The van der Waals surface area contributed by atoms with Gasteiger partial charge >= 0.3 is 6.03 Å². The lowest BCUT2D eigenvalue weighted by Gasteiger charge is -2.39. The van der Waals surface area contributed by atoms with E-state index in [2.05, 4.69) is 45.6 Å². The van der Waals surface area contributed by atoms with Gasteiger partial charge in [0.1, 0.15) is 16.3 Å². The van der Waals surface area contributed by atoms with Gasteiger partial charge in [0.05, 0.1) is 7.11 Å². The Morgan fingerprint density at radius 3 is 2.57 bits per heavy atom. The molecule has 0 radical (unpaired) electrons. The van der Waals surface area contributed by atoms with Crippen LogP contribution in [0.15, 0.2) is 72.1 Å². The van der Waals surface area contributed by atoms with Crippen LogP contribution in [0.1, 0.15) is 29.4 Å². The van der Waals surface area contributed by atoms with Crippen LogP contribution in [0, 0.1) is 0 Å². The molecule has 5 rings (SSSR count). The zero-order valence-corrected chi connectivity index (χ0v) is 22.0. The lowest BCUT2D eigenvalue weighted by molar-refractivity contribution is 0.0582. The van der Waals surface area contributed by atoms with E-state index in [1.54, 1.807) is 23.3 Å². The summed E-state index contributed by atoms with van der Waals surface area (Å²) in [6.45, 7) is 4.27. The van der Waals surface area contributed by atoms with Crippen LogP contribution in [0.4, 0.5) is 10.5 Å². The lowest BCUT2D eigenvalue weighted by atomic mass is 10.1. The predicted octanol–water partition coefficient (Wildman–Crippen LogP) is 5.72. The first-order valence-electron chi connectivity index (χ1n) is 12.6. The van der Waals surface area contributed by atoms with Crippen molar-refractivity contribution >= 4 is 39.2 Å². The second-order valence-corrected chi connectivity index (χ2v) is 10.3. The second kappa shape index (κ2) is 11.1. The van der Waals surface area contributed by atoms with Gasteiger partial charge in [0.15, 0.2) is 0 Å². The van der Waals surface area contributed by atoms with Gasteiger partial charge in [-0.15, -0.1) is 11.3 Å². The van der Waals surface area contributed by atoms with Gasteiger partial charge < -0.3 is 24.4 Å². The Bertz CT molecular complexity index is 1360. The van der Waals surface area contributed by atoms with E-state index in [4.69, 9.17) is 4.74 Å². The maximum Gasteiger partial charge on any atom is 0.322 e. The second-order valence-electron chi connectivity index (χ2n) is 9.40. The highest BCUT2D eigenvalue weighted by molar-refractivity contribution is 7.16. The third-order valence-electron chi connectivity index (χ3n) is 6.93. The molecular formula is C29H32N4O3S. The number of carbonyl (C=O) groups is 2. The van der Waals surface area contributed by atoms with Gasteiger partial charge in [-0.05, 0) is 67.1 Å². The smallest absolute Gasteiger partial charge is 0.322 e. The molecule has 7 nitrogen and oxygen atoms in total. The zero-order chi connectivity index (χ0) is 25.8. The summed E-state index contributed by atoms with van der Waals surface area (Å²) in [4.78, 5) is 31.4. The van der Waals surface area contributed by atoms with Crippen molar-refractivity contribution in [3.8, 4) is 5.75 Å². The van der Waals surface area contributed by atoms with Gasteiger partial charge in [0.25, 0.3) is 5.91 Å². The summed E-state index contributed by atoms with van der Waals surface area (Å²) in [5, 5.41) is 6.14. The fourth-order valence-electron chi connectivity index (χ4n) is 4.94. The van der Waals surface area contributed by atoms with Gasteiger partial charge in [0, 0.05) is 43.3 Å². The minimum atomic E-state index is -0.158. The molecule has 192 valence electrons. The molecule has 1 fully saturated rings. The number of nitrogens with one attached hydrogen (secondary N) is 1. The highest BCUT2D eigenvalue weighted by atomic mass is 32.1. The van der Waals surface area contributed by atoms with E-state index in [1.807, 2.05) is 48.2 Å². The first kappa shape index (κ1) is 24.9. The number of aromatic nitrogens is 1. The van der Waals surface area contributed by atoms with E-state index in [0.29, 0.717) is 25.3 Å². The van der Waals surface area contributed by atoms with Crippen molar-refractivity contribution in [2.24, 2.45) is 0 Å². The topological polar surface area (TPSA) is 66.8 Å². The Hall–Kier alpha value is -3.78. The number of aryl methyl sites for hydroxylation is 2. The quantitative estimate of drug-likeness (QED) is 0.342. The third-order valence-corrected chi connectivity index (χ3v) is 7.88. The fraction of sp³-hybridized carbons (Fsp3) is 0.310. The summed E-state index contributed by atoms with van der Waals surface area (Å²) in [6.07, 6.45) is 1.93. The highest BCUT2D eigenvalue weighted by Gasteiger charge is 2.31. The van der Waals surface area contributed by atoms with Crippen molar-refractivity contribution in [3.63, 3.8) is 0 Å². The summed E-state index contributed by atoms with van der Waals surface area (Å²) in [6, 6.07) is 21.6. The molecule has 1 atom stereocenters. The molecule has 1 saturated heterocycles. The molecule has 37 heavy (non-hydrogen) atoms. The summed E-state index contributed by atoms with van der Waals surface area (Å²) < 4.78 is 7.36. The van der Waals surface area contributed by atoms with Crippen LogP contribution in [0.25, 0.3) is 10.2 Å².